The van der Waals surface area contributed by atoms with Crippen LogP contribution >= 0.6 is 0 Å². The third kappa shape index (κ3) is 4.43. The molecule has 21 heavy (non-hydrogen) atoms. The molecule has 2 rings (SSSR count). The summed E-state index contributed by atoms with van der Waals surface area (Å²) in [5, 5.41) is 13.2. The molecule has 1 amide bonds. The average molecular weight is 283 g/mol. The molecule has 2 aromatic carbocycles. The summed E-state index contributed by atoms with van der Waals surface area (Å²) in [6.45, 7) is 3.91. The van der Waals surface area contributed by atoms with Gasteiger partial charge in [-0.25, -0.2) is 0 Å². The molecule has 110 valence electrons. The van der Waals surface area contributed by atoms with Crippen LogP contribution in [0.4, 0.5) is 0 Å². The number of benzene rings is 2. The van der Waals surface area contributed by atoms with Crippen LogP contribution in [0.2, 0.25) is 0 Å². The number of nitrogens with one attached hydrogen (secondary N) is 1. The first-order chi connectivity index (χ1) is 9.97. The molecule has 0 radical (unpaired) electrons. The van der Waals surface area contributed by atoms with Gasteiger partial charge in [0.1, 0.15) is 5.60 Å². The topological polar surface area (TPSA) is 49.3 Å². The largest absolute Gasteiger partial charge is 0.384 e. The van der Waals surface area contributed by atoms with Crippen LogP contribution in [0.3, 0.4) is 0 Å². The van der Waals surface area contributed by atoms with Crippen LogP contribution in [-0.2, 0) is 16.8 Å². The second kappa shape index (κ2) is 6.55. The fourth-order valence-corrected chi connectivity index (χ4v) is 2.12. The first kappa shape index (κ1) is 15.3. The van der Waals surface area contributed by atoms with E-state index in [1.165, 1.54) is 5.56 Å². The number of hydrogen-bond donors (Lipinski definition) is 2. The summed E-state index contributed by atoms with van der Waals surface area (Å²) >= 11 is 0. The Balaban J connectivity index is 1.90. The van der Waals surface area contributed by atoms with E-state index in [0.29, 0.717) is 6.42 Å². The predicted molar refractivity (Wildman–Crippen MR) is 83.9 cm³/mol. The van der Waals surface area contributed by atoms with E-state index in [1.807, 2.05) is 61.5 Å². The Morgan fingerprint density at radius 2 is 1.71 bits per heavy atom. The first-order valence-corrected chi connectivity index (χ1v) is 7.07. The summed E-state index contributed by atoms with van der Waals surface area (Å²) in [4.78, 5) is 12.0. The Hall–Kier alpha value is -2.13. The summed E-state index contributed by atoms with van der Waals surface area (Å²) in [6, 6.07) is 17.2. The summed E-state index contributed by atoms with van der Waals surface area (Å²) in [6.07, 6.45) is 0.325. The molecule has 2 aromatic rings. The monoisotopic (exact) mass is 283 g/mol. The van der Waals surface area contributed by atoms with Gasteiger partial charge in [0, 0.05) is 0 Å². The van der Waals surface area contributed by atoms with Crippen molar-refractivity contribution in [1.29, 1.82) is 0 Å². The Bertz CT molecular complexity index is 588. The SMILES string of the molecule is Cc1ccc(CC(=O)NCC(C)(O)c2ccccc2)cc1. The maximum atomic E-state index is 12.0. The number of carbonyl (C=O) groups excluding carboxylic acids is 1. The molecule has 0 bridgehead atoms. The van der Waals surface area contributed by atoms with Gasteiger partial charge in [-0.1, -0.05) is 60.2 Å². The molecular weight excluding hydrogens is 262 g/mol. The highest BCUT2D eigenvalue weighted by molar-refractivity contribution is 5.78. The Kier molecular flexibility index (Phi) is 4.76. The minimum Gasteiger partial charge on any atom is -0.384 e. The van der Waals surface area contributed by atoms with E-state index < -0.39 is 5.60 Å². The number of amides is 1. The van der Waals surface area contributed by atoms with Crippen molar-refractivity contribution >= 4 is 5.91 Å². The second-order valence-corrected chi connectivity index (χ2v) is 5.58. The molecule has 0 aliphatic heterocycles. The molecule has 0 saturated carbocycles. The van der Waals surface area contributed by atoms with Gasteiger partial charge >= 0.3 is 0 Å². The van der Waals surface area contributed by atoms with Crippen LogP contribution in [0.15, 0.2) is 54.6 Å². The standard InChI is InChI=1S/C18H21NO2/c1-14-8-10-15(11-9-14)12-17(20)19-13-18(2,21)16-6-4-3-5-7-16/h3-11,21H,12-13H2,1-2H3,(H,19,20). The van der Waals surface area contributed by atoms with Gasteiger partial charge in [-0.05, 0) is 25.0 Å². The lowest BCUT2D eigenvalue weighted by molar-refractivity contribution is -0.121. The third-order valence-corrected chi connectivity index (χ3v) is 3.51. The van der Waals surface area contributed by atoms with Crippen LogP contribution < -0.4 is 5.32 Å². The highest BCUT2D eigenvalue weighted by atomic mass is 16.3. The minimum atomic E-state index is -1.07. The van der Waals surface area contributed by atoms with Crippen LogP contribution in [-0.4, -0.2) is 17.6 Å². The number of hydrogen-bond acceptors (Lipinski definition) is 2. The zero-order chi connectivity index (χ0) is 15.3. The molecule has 0 spiro atoms. The van der Waals surface area contributed by atoms with Crippen molar-refractivity contribution in [2.24, 2.45) is 0 Å². The van der Waals surface area contributed by atoms with E-state index >= 15 is 0 Å². The van der Waals surface area contributed by atoms with Gasteiger partial charge in [0.2, 0.25) is 5.91 Å². The predicted octanol–water partition coefficient (Wildman–Crippen LogP) is 2.56. The van der Waals surface area contributed by atoms with Crippen molar-refractivity contribution < 1.29 is 9.90 Å². The number of carbonyl (C=O) groups is 1. The van der Waals surface area contributed by atoms with Gasteiger partial charge < -0.3 is 10.4 Å². The zero-order valence-electron chi connectivity index (χ0n) is 12.5. The van der Waals surface area contributed by atoms with Gasteiger partial charge in [0.15, 0.2) is 0 Å². The normalized spacial score (nSPS) is 13.5. The van der Waals surface area contributed by atoms with Crippen molar-refractivity contribution in [3.05, 3.63) is 71.3 Å². The summed E-state index contributed by atoms with van der Waals surface area (Å²) < 4.78 is 0. The van der Waals surface area contributed by atoms with Gasteiger partial charge in [0.05, 0.1) is 13.0 Å². The molecule has 0 aromatic heterocycles. The van der Waals surface area contributed by atoms with Crippen LogP contribution in [0.5, 0.6) is 0 Å². The maximum Gasteiger partial charge on any atom is 0.224 e. The van der Waals surface area contributed by atoms with E-state index in [-0.39, 0.29) is 12.5 Å². The molecule has 1 unspecified atom stereocenters. The Labute approximate surface area is 125 Å². The van der Waals surface area contributed by atoms with Gasteiger partial charge in [-0.3, -0.25) is 4.79 Å². The number of rotatable bonds is 5. The lowest BCUT2D eigenvalue weighted by Gasteiger charge is -2.24. The van der Waals surface area contributed by atoms with Crippen molar-refractivity contribution in [3.63, 3.8) is 0 Å². The highest BCUT2D eigenvalue weighted by Crippen LogP contribution is 2.18. The molecule has 1 atom stereocenters. The van der Waals surface area contributed by atoms with E-state index in [0.717, 1.165) is 11.1 Å². The fourth-order valence-electron chi connectivity index (χ4n) is 2.12. The van der Waals surface area contributed by atoms with Crippen LogP contribution in [0, 0.1) is 6.92 Å². The van der Waals surface area contributed by atoms with E-state index in [2.05, 4.69) is 5.32 Å². The molecule has 2 N–H and O–H groups in total. The van der Waals surface area contributed by atoms with E-state index in [9.17, 15) is 9.90 Å². The molecule has 0 aliphatic rings. The minimum absolute atomic E-state index is 0.0879. The zero-order valence-corrected chi connectivity index (χ0v) is 12.5. The molecule has 0 heterocycles. The van der Waals surface area contributed by atoms with Crippen molar-refractivity contribution in [2.75, 3.05) is 6.54 Å². The van der Waals surface area contributed by atoms with Crippen molar-refractivity contribution in [3.8, 4) is 0 Å². The lowest BCUT2D eigenvalue weighted by atomic mass is 9.96. The Morgan fingerprint density at radius 1 is 1.10 bits per heavy atom. The first-order valence-electron chi connectivity index (χ1n) is 7.07. The highest BCUT2D eigenvalue weighted by Gasteiger charge is 2.23. The molecule has 0 aliphatic carbocycles. The maximum absolute atomic E-state index is 12.0. The molecular formula is C18H21NO2. The van der Waals surface area contributed by atoms with Crippen molar-refractivity contribution in [2.45, 2.75) is 25.9 Å². The Morgan fingerprint density at radius 3 is 2.33 bits per heavy atom. The summed E-state index contributed by atoms with van der Waals surface area (Å²) in [5.74, 6) is -0.0879. The van der Waals surface area contributed by atoms with Crippen LogP contribution in [0.25, 0.3) is 0 Å². The van der Waals surface area contributed by atoms with Gasteiger partial charge in [-0.15, -0.1) is 0 Å². The third-order valence-electron chi connectivity index (χ3n) is 3.51. The number of aryl methyl sites for hydroxylation is 1. The summed E-state index contributed by atoms with van der Waals surface area (Å²) in [5.41, 5.74) is 1.87. The second-order valence-electron chi connectivity index (χ2n) is 5.58. The van der Waals surface area contributed by atoms with Crippen molar-refractivity contribution in [1.82, 2.24) is 5.32 Å². The quantitative estimate of drug-likeness (QED) is 0.886. The molecule has 0 fully saturated rings. The van der Waals surface area contributed by atoms with Gasteiger partial charge in [-0.2, -0.15) is 0 Å². The number of aliphatic hydroxyl groups is 1. The molecule has 3 nitrogen and oxygen atoms in total. The van der Waals surface area contributed by atoms with E-state index in [1.54, 1.807) is 6.92 Å². The lowest BCUT2D eigenvalue weighted by Crippen LogP contribution is -2.39. The van der Waals surface area contributed by atoms with Gasteiger partial charge in [0.25, 0.3) is 0 Å². The average Bonchev–Trinajstić information content (AvgIpc) is 2.49. The fraction of sp³-hybridized carbons (Fsp3) is 0.278. The molecule has 0 saturated heterocycles. The summed E-state index contributed by atoms with van der Waals surface area (Å²) in [7, 11) is 0. The smallest absolute Gasteiger partial charge is 0.224 e. The van der Waals surface area contributed by atoms with Crippen LogP contribution in [0.1, 0.15) is 23.6 Å². The van der Waals surface area contributed by atoms with E-state index in [4.69, 9.17) is 0 Å². The molecule has 3 heteroatoms.